The van der Waals surface area contributed by atoms with Gasteiger partial charge in [0.2, 0.25) is 5.91 Å². The summed E-state index contributed by atoms with van der Waals surface area (Å²) in [5.41, 5.74) is 1.04. The topological polar surface area (TPSA) is 75.7 Å². The van der Waals surface area contributed by atoms with Crippen molar-refractivity contribution in [1.82, 2.24) is 10.2 Å². The van der Waals surface area contributed by atoms with Crippen LogP contribution in [-0.4, -0.2) is 36.0 Å². The molecular formula is C23H28N2O4. The predicted molar refractivity (Wildman–Crippen MR) is 106 cm³/mol. The molecule has 1 saturated heterocycles. The molecular weight excluding hydrogens is 368 g/mol. The van der Waals surface area contributed by atoms with E-state index in [0.717, 1.165) is 28.2 Å². The first-order valence-corrected chi connectivity index (χ1v) is 10.8. The molecule has 1 N–H and O–H groups in total. The molecule has 6 nitrogen and oxygen atoms in total. The summed E-state index contributed by atoms with van der Waals surface area (Å²) in [6.07, 6.45) is 7.52. The zero-order chi connectivity index (χ0) is 20.0. The standard InChI is InChI=1S/C23H28N2O4/c26-20(12-23-9-15-6-16(10-23)8-17(7-15)11-23)24-19(18-4-2-1-3-5-18)13-25-21(27)14-29-22(25)28/h1-5,15-17,19H,6-14H2,(H,24,26). The van der Waals surface area contributed by atoms with E-state index in [9.17, 15) is 14.4 Å². The van der Waals surface area contributed by atoms with E-state index in [1.807, 2.05) is 30.3 Å². The van der Waals surface area contributed by atoms with Crippen LogP contribution in [0.1, 0.15) is 56.6 Å². The Morgan fingerprint density at radius 3 is 2.24 bits per heavy atom. The second kappa shape index (κ2) is 7.15. The minimum absolute atomic E-state index is 0.0285. The summed E-state index contributed by atoms with van der Waals surface area (Å²) in [5.74, 6) is 2.08. The number of cyclic esters (lactones) is 1. The van der Waals surface area contributed by atoms with Gasteiger partial charge in [-0.1, -0.05) is 30.3 Å². The SMILES string of the molecule is O=C(CC12CC3CC(CC(C3)C1)C2)NC(CN1C(=O)COC1=O)c1ccccc1. The number of carbonyl (C=O) groups is 3. The Bertz CT molecular complexity index is 770. The third kappa shape index (κ3) is 3.65. The van der Waals surface area contributed by atoms with Gasteiger partial charge in [0.15, 0.2) is 6.61 Å². The summed E-state index contributed by atoms with van der Waals surface area (Å²) in [4.78, 5) is 38.1. The Morgan fingerprint density at radius 2 is 1.69 bits per heavy atom. The second-order valence-electron chi connectivity index (χ2n) is 9.68. The lowest BCUT2D eigenvalue weighted by Gasteiger charge is -2.56. The molecule has 6 heteroatoms. The average molecular weight is 396 g/mol. The molecule has 4 aliphatic carbocycles. The molecule has 5 fully saturated rings. The van der Waals surface area contributed by atoms with E-state index in [2.05, 4.69) is 5.32 Å². The molecule has 4 bridgehead atoms. The molecule has 3 amide bonds. The number of ether oxygens (including phenoxy) is 1. The van der Waals surface area contributed by atoms with Gasteiger partial charge < -0.3 is 10.1 Å². The molecule has 6 rings (SSSR count). The van der Waals surface area contributed by atoms with Crippen molar-refractivity contribution < 1.29 is 19.1 Å². The highest BCUT2D eigenvalue weighted by molar-refractivity contribution is 5.97. The van der Waals surface area contributed by atoms with E-state index in [4.69, 9.17) is 4.74 Å². The van der Waals surface area contributed by atoms with E-state index in [1.54, 1.807) is 0 Å². The maximum absolute atomic E-state index is 13.1. The van der Waals surface area contributed by atoms with E-state index in [0.29, 0.717) is 6.42 Å². The normalized spacial score (nSPS) is 33.7. The van der Waals surface area contributed by atoms with Gasteiger partial charge in [-0.3, -0.25) is 9.59 Å². The van der Waals surface area contributed by atoms with Crippen LogP contribution in [0.25, 0.3) is 0 Å². The lowest BCUT2D eigenvalue weighted by molar-refractivity contribution is -0.131. The average Bonchev–Trinajstić information content (AvgIpc) is 2.98. The number of rotatable bonds is 6. The Morgan fingerprint density at radius 1 is 1.07 bits per heavy atom. The van der Waals surface area contributed by atoms with Crippen LogP contribution in [0, 0.1) is 23.2 Å². The molecule has 0 spiro atoms. The minimum Gasteiger partial charge on any atom is -0.439 e. The minimum atomic E-state index is -0.633. The van der Waals surface area contributed by atoms with Crippen molar-refractivity contribution in [2.24, 2.45) is 23.2 Å². The van der Waals surface area contributed by atoms with Crippen LogP contribution in [-0.2, 0) is 14.3 Å². The first kappa shape index (κ1) is 18.6. The number of imide groups is 1. The van der Waals surface area contributed by atoms with Gasteiger partial charge in [0.25, 0.3) is 5.91 Å². The molecule has 29 heavy (non-hydrogen) atoms. The van der Waals surface area contributed by atoms with Crippen molar-refractivity contribution >= 4 is 17.9 Å². The Balaban J connectivity index is 1.30. The number of hydrogen-bond donors (Lipinski definition) is 1. The molecule has 1 unspecified atom stereocenters. The fourth-order valence-electron chi connectivity index (χ4n) is 6.75. The van der Waals surface area contributed by atoms with Crippen molar-refractivity contribution in [2.75, 3.05) is 13.2 Å². The number of benzene rings is 1. The molecule has 0 radical (unpaired) electrons. The summed E-state index contributed by atoms with van der Waals surface area (Å²) in [5, 5.41) is 3.14. The van der Waals surface area contributed by atoms with Crippen LogP contribution < -0.4 is 5.32 Å². The quantitative estimate of drug-likeness (QED) is 0.799. The van der Waals surface area contributed by atoms with Crippen LogP contribution in [0.3, 0.4) is 0 Å². The van der Waals surface area contributed by atoms with Gasteiger partial charge in [-0.25, -0.2) is 9.69 Å². The maximum atomic E-state index is 13.1. The summed E-state index contributed by atoms with van der Waals surface area (Å²) >= 11 is 0. The van der Waals surface area contributed by atoms with Gasteiger partial charge >= 0.3 is 6.09 Å². The zero-order valence-electron chi connectivity index (χ0n) is 16.6. The van der Waals surface area contributed by atoms with Gasteiger partial charge in [0.05, 0.1) is 12.6 Å². The third-order valence-electron chi connectivity index (χ3n) is 7.44. The van der Waals surface area contributed by atoms with Gasteiger partial charge in [0.1, 0.15) is 0 Å². The molecule has 1 aliphatic heterocycles. The van der Waals surface area contributed by atoms with Crippen molar-refractivity contribution in [3.63, 3.8) is 0 Å². The van der Waals surface area contributed by atoms with Crippen molar-refractivity contribution in [3.05, 3.63) is 35.9 Å². The monoisotopic (exact) mass is 396 g/mol. The van der Waals surface area contributed by atoms with Gasteiger partial charge in [0, 0.05) is 6.42 Å². The number of hydrogen-bond acceptors (Lipinski definition) is 4. The first-order valence-electron chi connectivity index (χ1n) is 10.8. The van der Waals surface area contributed by atoms with Gasteiger partial charge in [-0.15, -0.1) is 0 Å². The van der Waals surface area contributed by atoms with Crippen LogP contribution in [0.2, 0.25) is 0 Å². The lowest BCUT2D eigenvalue weighted by Crippen LogP contribution is -2.48. The van der Waals surface area contributed by atoms with E-state index < -0.39 is 12.1 Å². The highest BCUT2D eigenvalue weighted by atomic mass is 16.6. The number of nitrogens with one attached hydrogen (secondary N) is 1. The van der Waals surface area contributed by atoms with E-state index >= 15 is 0 Å². The lowest BCUT2D eigenvalue weighted by atomic mass is 9.49. The predicted octanol–water partition coefficient (Wildman–Crippen LogP) is 3.43. The summed E-state index contributed by atoms with van der Waals surface area (Å²) < 4.78 is 4.84. The van der Waals surface area contributed by atoms with Gasteiger partial charge in [-0.2, -0.15) is 0 Å². The highest BCUT2D eigenvalue weighted by Gasteiger charge is 2.51. The molecule has 1 heterocycles. The summed E-state index contributed by atoms with van der Waals surface area (Å²) in [6.45, 7) is -0.115. The van der Waals surface area contributed by atoms with Crippen molar-refractivity contribution in [1.29, 1.82) is 0 Å². The Kier molecular flexibility index (Phi) is 4.60. The highest BCUT2D eigenvalue weighted by Crippen LogP contribution is 2.61. The molecule has 4 saturated carbocycles. The largest absolute Gasteiger partial charge is 0.439 e. The molecule has 1 atom stereocenters. The van der Waals surface area contributed by atoms with E-state index in [-0.39, 0.29) is 30.4 Å². The van der Waals surface area contributed by atoms with Crippen molar-refractivity contribution in [2.45, 2.75) is 51.0 Å². The third-order valence-corrected chi connectivity index (χ3v) is 7.44. The van der Waals surface area contributed by atoms with E-state index in [1.165, 1.54) is 38.5 Å². The molecule has 0 aromatic heterocycles. The molecule has 1 aromatic rings. The molecule has 1 aromatic carbocycles. The second-order valence-corrected chi connectivity index (χ2v) is 9.68. The summed E-state index contributed by atoms with van der Waals surface area (Å²) in [6, 6.07) is 9.12. The fourth-order valence-corrected chi connectivity index (χ4v) is 6.75. The Hall–Kier alpha value is -2.37. The Labute approximate surface area is 171 Å². The van der Waals surface area contributed by atoms with Gasteiger partial charge in [-0.05, 0) is 67.3 Å². The summed E-state index contributed by atoms with van der Waals surface area (Å²) in [7, 11) is 0. The van der Waals surface area contributed by atoms with Crippen LogP contribution >= 0.6 is 0 Å². The van der Waals surface area contributed by atoms with Crippen LogP contribution in [0.4, 0.5) is 4.79 Å². The molecule has 5 aliphatic rings. The van der Waals surface area contributed by atoms with Crippen LogP contribution in [0.5, 0.6) is 0 Å². The number of amides is 3. The zero-order valence-corrected chi connectivity index (χ0v) is 16.6. The number of carbonyl (C=O) groups excluding carboxylic acids is 3. The fraction of sp³-hybridized carbons (Fsp3) is 0.609. The molecule has 154 valence electrons. The number of nitrogens with zero attached hydrogens (tertiary/aromatic N) is 1. The first-order chi connectivity index (χ1) is 14.0. The van der Waals surface area contributed by atoms with Crippen molar-refractivity contribution in [3.8, 4) is 0 Å². The maximum Gasteiger partial charge on any atom is 0.417 e. The van der Waals surface area contributed by atoms with Crippen LogP contribution in [0.15, 0.2) is 30.3 Å². The smallest absolute Gasteiger partial charge is 0.417 e.